The van der Waals surface area contributed by atoms with E-state index in [-0.39, 0.29) is 17.3 Å². The van der Waals surface area contributed by atoms with Gasteiger partial charge in [-0.05, 0) is 55.7 Å². The third-order valence-corrected chi connectivity index (χ3v) is 7.18. The predicted molar refractivity (Wildman–Crippen MR) is 123 cm³/mol. The number of amides is 1. The highest BCUT2D eigenvalue weighted by molar-refractivity contribution is 7.92. The molecule has 0 saturated heterocycles. The summed E-state index contributed by atoms with van der Waals surface area (Å²) in [5.41, 5.74) is 1.46. The average molecular weight is 451 g/mol. The van der Waals surface area contributed by atoms with Gasteiger partial charge < -0.3 is 5.32 Å². The lowest BCUT2D eigenvalue weighted by Crippen LogP contribution is -2.42. The largest absolute Gasteiger partial charge is 0.354 e. The molecule has 5 nitrogen and oxygen atoms in total. The molecule has 1 N–H and O–H groups in total. The average Bonchev–Trinajstić information content (AvgIpc) is 2.73. The standard InChI is InChI=1S/C23H31ClN2O3S/c1-4-6-7-19(5-2)16-25-23(27)17-26(21-12-8-18(3)9-13-21)30(28,29)22-14-10-20(24)11-15-22/h8-15,19H,4-7,16-17H2,1-3H3,(H,25,27)/t19-/m0/s1. The maximum absolute atomic E-state index is 13.3. The summed E-state index contributed by atoms with van der Waals surface area (Å²) in [6, 6.07) is 13.1. The molecule has 2 rings (SSSR count). The number of rotatable bonds is 11. The van der Waals surface area contributed by atoms with Crippen LogP contribution in [0.5, 0.6) is 0 Å². The lowest BCUT2D eigenvalue weighted by molar-refractivity contribution is -0.119. The van der Waals surface area contributed by atoms with Gasteiger partial charge in [0.15, 0.2) is 0 Å². The number of carbonyl (C=O) groups is 1. The molecule has 1 atom stereocenters. The van der Waals surface area contributed by atoms with Crippen LogP contribution in [-0.4, -0.2) is 27.4 Å². The van der Waals surface area contributed by atoms with Gasteiger partial charge >= 0.3 is 0 Å². The fourth-order valence-corrected chi connectivity index (χ4v) is 4.69. The van der Waals surface area contributed by atoms with Crippen molar-refractivity contribution >= 4 is 33.2 Å². The summed E-state index contributed by atoms with van der Waals surface area (Å²) in [6.07, 6.45) is 4.27. The van der Waals surface area contributed by atoms with Gasteiger partial charge in [0.25, 0.3) is 10.0 Å². The second kappa shape index (κ2) is 11.4. The van der Waals surface area contributed by atoms with Crippen molar-refractivity contribution in [2.45, 2.75) is 51.3 Å². The van der Waals surface area contributed by atoms with E-state index in [1.54, 1.807) is 12.1 Å². The van der Waals surface area contributed by atoms with E-state index in [0.717, 1.165) is 35.6 Å². The normalized spacial score (nSPS) is 12.4. The van der Waals surface area contributed by atoms with Gasteiger partial charge in [0.2, 0.25) is 5.91 Å². The fraction of sp³-hybridized carbons (Fsp3) is 0.435. The van der Waals surface area contributed by atoms with E-state index in [0.29, 0.717) is 23.2 Å². The van der Waals surface area contributed by atoms with E-state index < -0.39 is 10.0 Å². The molecule has 0 radical (unpaired) electrons. The number of anilines is 1. The molecule has 1 amide bonds. The summed E-state index contributed by atoms with van der Waals surface area (Å²) in [5, 5.41) is 3.37. The molecule has 2 aromatic rings. The highest BCUT2D eigenvalue weighted by Crippen LogP contribution is 2.25. The zero-order valence-corrected chi connectivity index (χ0v) is 19.5. The van der Waals surface area contributed by atoms with E-state index >= 15 is 0 Å². The van der Waals surface area contributed by atoms with E-state index in [1.165, 1.54) is 24.3 Å². The molecular weight excluding hydrogens is 420 g/mol. The first kappa shape index (κ1) is 24.2. The number of hydrogen-bond acceptors (Lipinski definition) is 3. The zero-order valence-electron chi connectivity index (χ0n) is 17.9. The Morgan fingerprint density at radius 1 is 1.07 bits per heavy atom. The van der Waals surface area contributed by atoms with Gasteiger partial charge in [-0.15, -0.1) is 0 Å². The Kier molecular flexibility index (Phi) is 9.18. The first-order valence-corrected chi connectivity index (χ1v) is 12.2. The van der Waals surface area contributed by atoms with Crippen molar-refractivity contribution in [3.8, 4) is 0 Å². The SMILES string of the molecule is CCCC[C@H](CC)CNC(=O)CN(c1ccc(C)cc1)S(=O)(=O)c1ccc(Cl)cc1. The van der Waals surface area contributed by atoms with E-state index in [1.807, 2.05) is 19.1 Å². The molecule has 0 unspecified atom stereocenters. The van der Waals surface area contributed by atoms with E-state index in [2.05, 4.69) is 19.2 Å². The Morgan fingerprint density at radius 3 is 2.27 bits per heavy atom. The lowest BCUT2D eigenvalue weighted by atomic mass is 9.99. The molecule has 0 fully saturated rings. The minimum Gasteiger partial charge on any atom is -0.354 e. The Hall–Kier alpha value is -2.05. The molecule has 7 heteroatoms. The minimum atomic E-state index is -3.92. The van der Waals surface area contributed by atoms with E-state index in [4.69, 9.17) is 11.6 Å². The molecular formula is C23H31ClN2O3S. The third kappa shape index (κ3) is 6.74. The van der Waals surface area contributed by atoms with Gasteiger partial charge in [0.05, 0.1) is 10.6 Å². The first-order chi connectivity index (χ1) is 14.3. The zero-order chi connectivity index (χ0) is 22.1. The van der Waals surface area contributed by atoms with Crippen molar-refractivity contribution in [1.82, 2.24) is 5.32 Å². The number of nitrogens with one attached hydrogen (secondary N) is 1. The van der Waals surface area contributed by atoms with Crippen LogP contribution in [0.1, 0.15) is 45.1 Å². The van der Waals surface area contributed by atoms with Gasteiger partial charge in [-0.25, -0.2) is 8.42 Å². The molecule has 0 aliphatic carbocycles. The number of hydrogen-bond donors (Lipinski definition) is 1. The summed E-state index contributed by atoms with van der Waals surface area (Å²) in [5.74, 6) is 0.0812. The molecule has 0 heterocycles. The topological polar surface area (TPSA) is 66.5 Å². The summed E-state index contributed by atoms with van der Waals surface area (Å²) in [7, 11) is -3.92. The van der Waals surface area contributed by atoms with Crippen molar-refractivity contribution < 1.29 is 13.2 Å². The molecule has 0 bridgehead atoms. The van der Waals surface area contributed by atoms with Crippen molar-refractivity contribution in [1.29, 1.82) is 0 Å². The van der Waals surface area contributed by atoms with E-state index in [9.17, 15) is 13.2 Å². The predicted octanol–water partition coefficient (Wildman–Crippen LogP) is 5.18. The number of benzene rings is 2. The molecule has 0 spiro atoms. The van der Waals surface area contributed by atoms with Gasteiger partial charge in [-0.2, -0.15) is 0 Å². The molecule has 0 aliphatic rings. The van der Waals surface area contributed by atoms with Crippen LogP contribution in [0, 0.1) is 12.8 Å². The minimum absolute atomic E-state index is 0.0923. The second-order valence-corrected chi connectivity index (χ2v) is 9.82. The maximum atomic E-state index is 13.3. The van der Waals surface area contributed by atoms with Crippen LogP contribution in [0.15, 0.2) is 53.4 Å². The summed E-state index contributed by atoms with van der Waals surface area (Å²) >= 11 is 5.91. The highest BCUT2D eigenvalue weighted by atomic mass is 35.5. The number of sulfonamides is 1. The molecule has 0 aliphatic heterocycles. The van der Waals surface area contributed by atoms with Crippen LogP contribution >= 0.6 is 11.6 Å². The van der Waals surface area contributed by atoms with Crippen LogP contribution in [0.25, 0.3) is 0 Å². The second-order valence-electron chi connectivity index (χ2n) is 7.52. The lowest BCUT2D eigenvalue weighted by Gasteiger charge is -2.25. The van der Waals surface area contributed by atoms with Crippen molar-refractivity contribution in [2.75, 3.05) is 17.4 Å². The number of carbonyl (C=O) groups excluding carboxylic acids is 1. The van der Waals surface area contributed by atoms with Crippen molar-refractivity contribution in [3.63, 3.8) is 0 Å². The van der Waals surface area contributed by atoms with Gasteiger partial charge in [-0.3, -0.25) is 9.10 Å². The van der Waals surface area contributed by atoms with Crippen molar-refractivity contribution in [3.05, 3.63) is 59.1 Å². The summed E-state index contributed by atoms with van der Waals surface area (Å²) in [4.78, 5) is 12.8. The number of halogens is 1. The van der Waals surface area contributed by atoms with Crippen LogP contribution in [0.4, 0.5) is 5.69 Å². The monoisotopic (exact) mass is 450 g/mol. The molecule has 0 saturated carbocycles. The van der Waals surface area contributed by atoms with Gasteiger partial charge in [0, 0.05) is 11.6 Å². The molecule has 164 valence electrons. The summed E-state index contributed by atoms with van der Waals surface area (Å²) in [6.45, 7) is 6.45. The van der Waals surface area contributed by atoms with Crippen LogP contribution in [0.2, 0.25) is 5.02 Å². The maximum Gasteiger partial charge on any atom is 0.264 e. The van der Waals surface area contributed by atoms with Gasteiger partial charge in [0.1, 0.15) is 6.54 Å². The Balaban J connectivity index is 2.23. The Labute approximate surface area is 185 Å². The fourth-order valence-electron chi connectivity index (χ4n) is 3.15. The smallest absolute Gasteiger partial charge is 0.264 e. The number of aryl methyl sites for hydroxylation is 1. The van der Waals surface area contributed by atoms with Crippen LogP contribution in [-0.2, 0) is 14.8 Å². The molecule has 30 heavy (non-hydrogen) atoms. The Bertz CT molecular complexity index is 912. The highest BCUT2D eigenvalue weighted by Gasteiger charge is 2.27. The molecule has 2 aromatic carbocycles. The number of nitrogens with zero attached hydrogens (tertiary/aromatic N) is 1. The van der Waals surface area contributed by atoms with Crippen LogP contribution in [0.3, 0.4) is 0 Å². The number of unbranched alkanes of at least 4 members (excludes halogenated alkanes) is 1. The Morgan fingerprint density at radius 2 is 1.70 bits per heavy atom. The van der Waals surface area contributed by atoms with Crippen LogP contribution < -0.4 is 9.62 Å². The van der Waals surface area contributed by atoms with Crippen molar-refractivity contribution in [2.24, 2.45) is 5.92 Å². The summed E-state index contributed by atoms with van der Waals surface area (Å²) < 4.78 is 27.8. The first-order valence-electron chi connectivity index (χ1n) is 10.4. The van der Waals surface area contributed by atoms with Gasteiger partial charge in [-0.1, -0.05) is 62.4 Å². The quantitative estimate of drug-likeness (QED) is 0.513. The molecule has 0 aromatic heterocycles. The third-order valence-electron chi connectivity index (χ3n) is 5.14.